The molecule has 0 N–H and O–H groups in total. The number of sulfone groups is 1. The van der Waals surface area contributed by atoms with Crippen LogP contribution in [-0.2, 0) is 9.84 Å². The molecule has 1 saturated heterocycles. The van der Waals surface area contributed by atoms with Crippen molar-refractivity contribution in [2.24, 2.45) is 0 Å². The molecule has 9 heteroatoms. The van der Waals surface area contributed by atoms with Gasteiger partial charge in [0.2, 0.25) is 0 Å². The summed E-state index contributed by atoms with van der Waals surface area (Å²) >= 11 is 7.47. The van der Waals surface area contributed by atoms with Crippen molar-refractivity contribution in [3.8, 4) is 16.3 Å². The quantitative estimate of drug-likeness (QED) is 0.363. The van der Waals surface area contributed by atoms with Gasteiger partial charge < -0.3 is 9.64 Å². The van der Waals surface area contributed by atoms with E-state index in [1.54, 1.807) is 18.3 Å². The maximum Gasteiger partial charge on any atom is 0.274 e. The fraction of sp³-hybridized carbons (Fsp3) is 0.250. The number of aromatic nitrogens is 2. The van der Waals surface area contributed by atoms with Gasteiger partial charge in [0, 0.05) is 38.4 Å². The zero-order chi connectivity index (χ0) is 23.0. The summed E-state index contributed by atoms with van der Waals surface area (Å²) in [6.45, 7) is 1.75. The second-order valence-corrected chi connectivity index (χ2v) is 11.5. The summed E-state index contributed by atoms with van der Waals surface area (Å²) in [6, 6.07) is 16.8. The van der Waals surface area contributed by atoms with Gasteiger partial charge in [-0.1, -0.05) is 41.1 Å². The van der Waals surface area contributed by atoms with Crippen LogP contribution in [0.5, 0.6) is 5.19 Å². The van der Waals surface area contributed by atoms with E-state index in [2.05, 4.69) is 20.9 Å². The molecule has 4 aromatic rings. The highest BCUT2D eigenvalue weighted by atomic mass is 35.5. The van der Waals surface area contributed by atoms with E-state index in [4.69, 9.17) is 16.3 Å². The van der Waals surface area contributed by atoms with E-state index in [0.717, 1.165) is 53.1 Å². The normalized spacial score (nSPS) is 15.2. The number of fused-ring (bicyclic) bond motifs is 1. The van der Waals surface area contributed by atoms with Crippen molar-refractivity contribution in [1.82, 2.24) is 9.97 Å². The fourth-order valence-electron chi connectivity index (χ4n) is 3.93. The third-order valence-electron chi connectivity index (χ3n) is 5.73. The number of hydrogen-bond donors (Lipinski definition) is 0. The topological polar surface area (TPSA) is 72.4 Å². The van der Waals surface area contributed by atoms with Crippen LogP contribution in [0.3, 0.4) is 0 Å². The molecule has 2 aromatic carbocycles. The Morgan fingerprint density at radius 2 is 1.76 bits per heavy atom. The number of benzene rings is 2. The van der Waals surface area contributed by atoms with Crippen LogP contribution in [0.2, 0.25) is 5.02 Å². The summed E-state index contributed by atoms with van der Waals surface area (Å²) in [7, 11) is -3.20. The lowest BCUT2D eigenvalue weighted by Gasteiger charge is -2.32. The molecule has 1 aliphatic rings. The minimum absolute atomic E-state index is 0.122. The molecule has 0 radical (unpaired) electrons. The third kappa shape index (κ3) is 4.98. The largest absolute Gasteiger partial charge is 0.467 e. The SMILES string of the molecule is CS(=O)(=O)c1ccc(-c2ccc3nc(OC4CCN(c5ccc(Cl)cn5)CC4)sc3c2)cc1. The van der Waals surface area contributed by atoms with E-state index in [-0.39, 0.29) is 6.10 Å². The molecule has 0 bridgehead atoms. The number of thiazole rings is 1. The lowest BCUT2D eigenvalue weighted by molar-refractivity contribution is 0.170. The van der Waals surface area contributed by atoms with Crippen LogP contribution in [0.25, 0.3) is 21.3 Å². The number of hydrogen-bond acceptors (Lipinski definition) is 7. The van der Waals surface area contributed by atoms with E-state index >= 15 is 0 Å². The van der Waals surface area contributed by atoms with Crippen LogP contribution in [-0.4, -0.2) is 43.8 Å². The standard InChI is InChI=1S/C24H22ClN3O3S2/c1-33(29,30)20-6-2-16(3-7-20)17-4-8-21-22(14-17)32-24(27-21)31-19-10-12-28(13-11-19)23-9-5-18(25)15-26-23/h2-9,14-15,19H,10-13H2,1H3. The highest BCUT2D eigenvalue weighted by Crippen LogP contribution is 2.33. The smallest absolute Gasteiger partial charge is 0.274 e. The van der Waals surface area contributed by atoms with Crippen LogP contribution in [0, 0.1) is 0 Å². The predicted octanol–water partition coefficient (Wildman–Crippen LogP) is 5.46. The van der Waals surface area contributed by atoms with Crippen molar-refractivity contribution in [1.29, 1.82) is 0 Å². The Hall–Kier alpha value is -2.68. The molecule has 3 heterocycles. The lowest BCUT2D eigenvalue weighted by atomic mass is 10.1. The van der Waals surface area contributed by atoms with Gasteiger partial charge >= 0.3 is 0 Å². The van der Waals surface area contributed by atoms with Gasteiger partial charge in [-0.05, 0) is 47.5 Å². The van der Waals surface area contributed by atoms with Gasteiger partial charge in [-0.3, -0.25) is 0 Å². The second kappa shape index (κ2) is 8.93. The van der Waals surface area contributed by atoms with Crippen LogP contribution < -0.4 is 9.64 Å². The molecule has 6 nitrogen and oxygen atoms in total. The van der Waals surface area contributed by atoms with Gasteiger partial charge in [-0.2, -0.15) is 0 Å². The van der Waals surface area contributed by atoms with Crippen molar-refractivity contribution in [2.45, 2.75) is 23.8 Å². The molecule has 0 atom stereocenters. The number of anilines is 1. The van der Waals surface area contributed by atoms with Gasteiger partial charge in [0.15, 0.2) is 9.84 Å². The van der Waals surface area contributed by atoms with Crippen molar-refractivity contribution in [2.75, 3.05) is 24.2 Å². The number of nitrogens with zero attached hydrogens (tertiary/aromatic N) is 3. The van der Waals surface area contributed by atoms with Crippen LogP contribution in [0.1, 0.15) is 12.8 Å². The number of piperidine rings is 1. The number of halogens is 1. The summed E-state index contributed by atoms with van der Waals surface area (Å²) in [4.78, 5) is 11.6. The summed E-state index contributed by atoms with van der Waals surface area (Å²) in [6.07, 6.45) is 4.81. The number of pyridine rings is 1. The Morgan fingerprint density at radius 3 is 2.42 bits per heavy atom. The first-order valence-electron chi connectivity index (χ1n) is 10.6. The lowest BCUT2D eigenvalue weighted by Crippen LogP contribution is -2.38. The summed E-state index contributed by atoms with van der Waals surface area (Å²) in [5, 5.41) is 1.32. The maximum absolute atomic E-state index is 11.7. The van der Waals surface area contributed by atoms with E-state index in [0.29, 0.717) is 15.1 Å². The van der Waals surface area contributed by atoms with Gasteiger partial charge in [-0.15, -0.1) is 0 Å². The molecular formula is C24H22ClN3O3S2. The van der Waals surface area contributed by atoms with Crippen LogP contribution in [0.15, 0.2) is 65.7 Å². The van der Waals surface area contributed by atoms with Crippen molar-refractivity contribution in [3.05, 3.63) is 65.8 Å². The first-order valence-corrected chi connectivity index (χ1v) is 13.7. The molecule has 2 aromatic heterocycles. The first kappa shape index (κ1) is 22.1. The monoisotopic (exact) mass is 499 g/mol. The molecule has 0 amide bonds. The van der Waals surface area contributed by atoms with Crippen LogP contribution in [0.4, 0.5) is 5.82 Å². The van der Waals surface area contributed by atoms with Crippen LogP contribution >= 0.6 is 22.9 Å². The van der Waals surface area contributed by atoms with Crippen molar-refractivity contribution in [3.63, 3.8) is 0 Å². The molecular weight excluding hydrogens is 478 g/mol. The third-order valence-corrected chi connectivity index (χ3v) is 7.99. The Morgan fingerprint density at radius 1 is 1.03 bits per heavy atom. The van der Waals surface area contributed by atoms with Gasteiger partial charge in [-0.25, -0.2) is 18.4 Å². The zero-order valence-electron chi connectivity index (χ0n) is 17.9. The maximum atomic E-state index is 11.7. The average Bonchev–Trinajstić information content (AvgIpc) is 3.21. The molecule has 0 saturated carbocycles. The Kier molecular flexibility index (Phi) is 5.99. The minimum atomic E-state index is -3.20. The first-order chi connectivity index (χ1) is 15.8. The average molecular weight is 500 g/mol. The summed E-state index contributed by atoms with van der Waals surface area (Å²) < 4.78 is 30.6. The van der Waals surface area contributed by atoms with Crippen molar-refractivity contribution < 1.29 is 13.2 Å². The summed E-state index contributed by atoms with van der Waals surface area (Å²) in [5.41, 5.74) is 2.87. The molecule has 33 heavy (non-hydrogen) atoms. The minimum Gasteiger partial charge on any atom is -0.467 e. The Labute approximate surface area is 201 Å². The van der Waals surface area contributed by atoms with E-state index in [9.17, 15) is 8.42 Å². The fourth-order valence-corrected chi connectivity index (χ4v) is 5.59. The Balaban J connectivity index is 1.26. The molecule has 170 valence electrons. The van der Waals surface area contributed by atoms with Gasteiger partial charge in [0.25, 0.3) is 5.19 Å². The molecule has 0 unspecified atom stereocenters. The summed E-state index contributed by atoms with van der Waals surface area (Å²) in [5.74, 6) is 0.940. The molecule has 1 fully saturated rings. The second-order valence-electron chi connectivity index (χ2n) is 8.10. The van der Waals surface area contributed by atoms with E-state index in [1.807, 2.05) is 36.4 Å². The highest BCUT2D eigenvalue weighted by molar-refractivity contribution is 7.90. The zero-order valence-corrected chi connectivity index (χ0v) is 20.3. The Bertz CT molecular complexity index is 1380. The molecule has 0 spiro atoms. The van der Waals surface area contributed by atoms with Gasteiger partial charge in [0.05, 0.1) is 20.1 Å². The van der Waals surface area contributed by atoms with Gasteiger partial charge in [0.1, 0.15) is 11.9 Å². The molecule has 5 rings (SSSR count). The predicted molar refractivity (Wildman–Crippen MR) is 133 cm³/mol. The van der Waals surface area contributed by atoms with E-state index in [1.165, 1.54) is 17.6 Å². The molecule has 0 aliphatic carbocycles. The number of ether oxygens (including phenoxy) is 1. The highest BCUT2D eigenvalue weighted by Gasteiger charge is 2.22. The number of rotatable bonds is 5. The van der Waals surface area contributed by atoms with Crippen molar-refractivity contribution >= 4 is 48.8 Å². The van der Waals surface area contributed by atoms with E-state index < -0.39 is 9.84 Å². The molecule has 1 aliphatic heterocycles.